The maximum Gasteiger partial charge on any atom is 0.0682 e. The number of aliphatic hydroxyl groups excluding tert-OH is 1. The Morgan fingerprint density at radius 3 is 2.83 bits per heavy atom. The molecule has 90 valence electrons. The number of hydrogen-bond donors (Lipinski definition) is 1. The molecule has 0 spiro atoms. The Hall–Kier alpha value is -2.13. The van der Waals surface area contributed by atoms with Crippen molar-refractivity contribution in [3.05, 3.63) is 66.1 Å². The van der Waals surface area contributed by atoms with Gasteiger partial charge in [-0.3, -0.25) is 4.98 Å². The number of hydrogen-bond acceptors (Lipinski definition) is 2. The Labute approximate surface area is 105 Å². The molecule has 0 aliphatic rings. The van der Waals surface area contributed by atoms with E-state index in [0.29, 0.717) is 0 Å². The molecule has 1 N–H and O–H groups in total. The van der Waals surface area contributed by atoms with E-state index in [0.717, 1.165) is 17.5 Å². The number of benzene rings is 1. The Morgan fingerprint density at radius 1 is 1.11 bits per heavy atom. The van der Waals surface area contributed by atoms with Crippen LogP contribution in [0.4, 0.5) is 0 Å². The normalized spacial score (nSPS) is 10.9. The number of nitrogens with zero attached hydrogens (tertiary/aromatic N) is 2. The maximum absolute atomic E-state index is 9.12. The second-order valence-electron chi connectivity index (χ2n) is 4.36. The van der Waals surface area contributed by atoms with Crippen LogP contribution in [0.2, 0.25) is 0 Å². The average molecular weight is 238 g/mol. The molecule has 3 nitrogen and oxygen atoms in total. The van der Waals surface area contributed by atoms with E-state index in [-0.39, 0.29) is 6.61 Å². The lowest BCUT2D eigenvalue weighted by atomic mass is 10.2. The summed E-state index contributed by atoms with van der Waals surface area (Å²) >= 11 is 0. The second-order valence-corrected chi connectivity index (χ2v) is 4.36. The fourth-order valence-corrected chi connectivity index (χ4v) is 2.17. The third kappa shape index (κ3) is 2.00. The first-order valence-corrected chi connectivity index (χ1v) is 5.94. The van der Waals surface area contributed by atoms with Crippen molar-refractivity contribution in [2.24, 2.45) is 0 Å². The van der Waals surface area contributed by atoms with Crippen LogP contribution in [0, 0.1) is 0 Å². The minimum Gasteiger partial charge on any atom is -0.392 e. The summed E-state index contributed by atoms with van der Waals surface area (Å²) in [6.45, 7) is 0.902. The van der Waals surface area contributed by atoms with Crippen molar-refractivity contribution < 1.29 is 5.11 Å². The molecule has 0 fully saturated rings. The van der Waals surface area contributed by atoms with Gasteiger partial charge in [-0.2, -0.15) is 0 Å². The molecule has 0 unspecified atom stereocenters. The molecule has 3 heteroatoms. The lowest BCUT2D eigenvalue weighted by molar-refractivity contribution is 0.282. The monoisotopic (exact) mass is 238 g/mol. The van der Waals surface area contributed by atoms with Crippen LogP contribution in [0.15, 0.2) is 55.0 Å². The van der Waals surface area contributed by atoms with Gasteiger partial charge in [-0.15, -0.1) is 0 Å². The fraction of sp³-hybridized carbons (Fsp3) is 0.133. The number of aliphatic hydroxyl groups is 1. The van der Waals surface area contributed by atoms with Crippen LogP contribution in [0.3, 0.4) is 0 Å². The second kappa shape index (κ2) is 4.63. The van der Waals surface area contributed by atoms with E-state index in [2.05, 4.69) is 33.9 Å². The molecule has 2 aromatic heterocycles. The number of aromatic nitrogens is 2. The third-order valence-electron chi connectivity index (χ3n) is 3.09. The van der Waals surface area contributed by atoms with Gasteiger partial charge in [-0.05, 0) is 40.8 Å². The highest BCUT2D eigenvalue weighted by molar-refractivity contribution is 5.80. The van der Waals surface area contributed by atoms with E-state index >= 15 is 0 Å². The van der Waals surface area contributed by atoms with Gasteiger partial charge in [0.05, 0.1) is 6.61 Å². The summed E-state index contributed by atoms with van der Waals surface area (Å²) in [7, 11) is 0. The number of fused-ring (bicyclic) bond motifs is 1. The Bertz CT molecular complexity index is 659. The summed E-state index contributed by atoms with van der Waals surface area (Å²) < 4.78 is 2.19. The highest BCUT2D eigenvalue weighted by Crippen LogP contribution is 2.18. The van der Waals surface area contributed by atoms with Crippen molar-refractivity contribution in [1.82, 2.24) is 9.55 Å². The van der Waals surface area contributed by atoms with Crippen LogP contribution in [0.25, 0.3) is 10.9 Å². The van der Waals surface area contributed by atoms with Gasteiger partial charge in [0.2, 0.25) is 0 Å². The van der Waals surface area contributed by atoms with E-state index in [9.17, 15) is 0 Å². The first-order chi connectivity index (χ1) is 8.86. The van der Waals surface area contributed by atoms with E-state index in [1.54, 1.807) is 6.20 Å². The van der Waals surface area contributed by atoms with Crippen molar-refractivity contribution in [1.29, 1.82) is 0 Å². The molecule has 1 aromatic carbocycles. The first kappa shape index (κ1) is 11.0. The number of pyridine rings is 1. The lowest BCUT2D eigenvalue weighted by Gasteiger charge is -2.05. The standard InChI is InChI=1S/C15H14N2O/c18-11-12-3-4-15-14(8-12)5-7-17(15)10-13-2-1-6-16-9-13/h1-9,18H,10-11H2. The molecule has 2 heterocycles. The molecular formula is C15H14N2O. The van der Waals surface area contributed by atoms with Crippen molar-refractivity contribution in [2.75, 3.05) is 0 Å². The van der Waals surface area contributed by atoms with Crippen molar-refractivity contribution in [3.63, 3.8) is 0 Å². The van der Waals surface area contributed by atoms with Gasteiger partial charge in [-0.25, -0.2) is 0 Å². The molecule has 0 atom stereocenters. The largest absolute Gasteiger partial charge is 0.392 e. The summed E-state index contributed by atoms with van der Waals surface area (Å²) in [5, 5.41) is 10.3. The van der Waals surface area contributed by atoms with Crippen LogP contribution >= 0.6 is 0 Å². The maximum atomic E-state index is 9.12. The predicted octanol–water partition coefficient (Wildman–Crippen LogP) is 2.58. The summed E-state index contributed by atoms with van der Waals surface area (Å²) in [5.74, 6) is 0. The molecule has 18 heavy (non-hydrogen) atoms. The van der Waals surface area contributed by atoms with Gasteiger partial charge < -0.3 is 9.67 Å². The summed E-state index contributed by atoms with van der Waals surface area (Å²) in [4.78, 5) is 4.13. The molecule has 0 aliphatic carbocycles. The predicted molar refractivity (Wildman–Crippen MR) is 71.2 cm³/mol. The molecule has 0 amide bonds. The Kier molecular flexibility index (Phi) is 2.82. The van der Waals surface area contributed by atoms with Gasteiger partial charge in [0.15, 0.2) is 0 Å². The van der Waals surface area contributed by atoms with Crippen LogP contribution < -0.4 is 0 Å². The zero-order chi connectivity index (χ0) is 12.4. The zero-order valence-electron chi connectivity index (χ0n) is 9.95. The lowest BCUT2D eigenvalue weighted by Crippen LogP contribution is -1.98. The Balaban J connectivity index is 1.98. The van der Waals surface area contributed by atoms with Crippen LogP contribution in [-0.4, -0.2) is 14.7 Å². The van der Waals surface area contributed by atoms with E-state index in [1.165, 1.54) is 11.1 Å². The van der Waals surface area contributed by atoms with Crippen LogP contribution in [0.5, 0.6) is 0 Å². The average Bonchev–Trinajstić information content (AvgIpc) is 2.82. The molecule has 0 radical (unpaired) electrons. The minimum absolute atomic E-state index is 0.0870. The molecule has 0 saturated carbocycles. The van der Waals surface area contributed by atoms with Gasteiger partial charge in [0.25, 0.3) is 0 Å². The summed E-state index contributed by atoms with van der Waals surface area (Å²) in [6.07, 6.45) is 5.73. The summed E-state index contributed by atoms with van der Waals surface area (Å²) in [5.41, 5.74) is 3.30. The van der Waals surface area contributed by atoms with Crippen LogP contribution in [-0.2, 0) is 13.2 Å². The molecule has 3 rings (SSSR count). The quantitative estimate of drug-likeness (QED) is 0.761. The highest BCUT2D eigenvalue weighted by atomic mass is 16.3. The van der Waals surface area contributed by atoms with E-state index < -0.39 is 0 Å². The van der Waals surface area contributed by atoms with Gasteiger partial charge >= 0.3 is 0 Å². The minimum atomic E-state index is 0.0870. The highest BCUT2D eigenvalue weighted by Gasteiger charge is 2.02. The molecule has 0 aliphatic heterocycles. The van der Waals surface area contributed by atoms with Crippen LogP contribution in [0.1, 0.15) is 11.1 Å². The number of rotatable bonds is 3. The van der Waals surface area contributed by atoms with Gasteiger partial charge in [-0.1, -0.05) is 12.1 Å². The van der Waals surface area contributed by atoms with Crippen molar-refractivity contribution in [3.8, 4) is 0 Å². The zero-order valence-corrected chi connectivity index (χ0v) is 9.95. The SMILES string of the molecule is OCc1ccc2c(ccn2Cc2cccnc2)c1. The van der Waals surface area contributed by atoms with Crippen molar-refractivity contribution >= 4 is 10.9 Å². The molecular weight excluding hydrogens is 224 g/mol. The van der Waals surface area contributed by atoms with Crippen molar-refractivity contribution in [2.45, 2.75) is 13.2 Å². The van der Waals surface area contributed by atoms with E-state index in [4.69, 9.17) is 5.11 Å². The topological polar surface area (TPSA) is 38.0 Å². The van der Waals surface area contributed by atoms with Gasteiger partial charge in [0.1, 0.15) is 0 Å². The molecule has 0 bridgehead atoms. The molecule has 3 aromatic rings. The third-order valence-corrected chi connectivity index (χ3v) is 3.09. The van der Waals surface area contributed by atoms with Gasteiger partial charge in [0, 0.05) is 30.7 Å². The fourth-order valence-electron chi connectivity index (χ4n) is 2.17. The Morgan fingerprint density at radius 2 is 2.06 bits per heavy atom. The molecule has 0 saturated heterocycles. The summed E-state index contributed by atoms with van der Waals surface area (Å²) in [6, 6.07) is 12.1. The smallest absolute Gasteiger partial charge is 0.0682 e. The van der Waals surface area contributed by atoms with E-state index in [1.807, 2.05) is 24.4 Å². The first-order valence-electron chi connectivity index (χ1n) is 5.94.